The van der Waals surface area contributed by atoms with E-state index >= 15 is 0 Å². The van der Waals surface area contributed by atoms with E-state index in [2.05, 4.69) is 36.3 Å². The molecule has 0 bridgehead atoms. The summed E-state index contributed by atoms with van der Waals surface area (Å²) in [5, 5.41) is 2.93. The van der Waals surface area contributed by atoms with Gasteiger partial charge in [0.15, 0.2) is 0 Å². The monoisotopic (exact) mass is 377 g/mol. The van der Waals surface area contributed by atoms with Crippen molar-refractivity contribution in [1.82, 2.24) is 9.55 Å². The topological polar surface area (TPSA) is 56.1 Å². The molecular formula is C23H27N3O2. The van der Waals surface area contributed by atoms with E-state index in [-0.39, 0.29) is 5.91 Å². The molecule has 1 heterocycles. The Morgan fingerprint density at radius 1 is 1.07 bits per heavy atom. The number of carbonyl (C=O) groups excluding carboxylic acids is 1. The molecule has 3 aromatic rings. The molecule has 1 N–H and O–H groups in total. The summed E-state index contributed by atoms with van der Waals surface area (Å²) in [6.45, 7) is 4.81. The van der Waals surface area contributed by atoms with Gasteiger partial charge in [0.1, 0.15) is 18.2 Å². The number of rotatable bonds is 8. The van der Waals surface area contributed by atoms with Crippen molar-refractivity contribution < 1.29 is 9.53 Å². The van der Waals surface area contributed by atoms with Gasteiger partial charge in [0, 0.05) is 25.1 Å². The van der Waals surface area contributed by atoms with Gasteiger partial charge in [-0.15, -0.1) is 0 Å². The number of hydrogen-bond donors (Lipinski definition) is 1. The second-order valence-electron chi connectivity index (χ2n) is 7.41. The van der Waals surface area contributed by atoms with Gasteiger partial charge >= 0.3 is 0 Å². The quantitative estimate of drug-likeness (QED) is 0.634. The molecule has 0 unspecified atom stereocenters. The van der Waals surface area contributed by atoms with Crippen LogP contribution in [0.1, 0.15) is 30.8 Å². The first kappa shape index (κ1) is 19.7. The molecule has 0 aliphatic rings. The van der Waals surface area contributed by atoms with Gasteiger partial charge in [-0.05, 0) is 47.7 Å². The van der Waals surface area contributed by atoms with Crippen molar-refractivity contribution in [3.05, 3.63) is 77.9 Å². The van der Waals surface area contributed by atoms with E-state index in [0.29, 0.717) is 18.9 Å². The van der Waals surface area contributed by atoms with Crippen molar-refractivity contribution in [2.75, 3.05) is 5.32 Å². The zero-order valence-corrected chi connectivity index (χ0v) is 16.7. The number of benzene rings is 2. The zero-order chi connectivity index (χ0) is 19.9. The highest BCUT2D eigenvalue weighted by Gasteiger charge is 2.06. The number of aryl methyl sites for hydroxylation is 1. The molecule has 0 radical (unpaired) electrons. The van der Waals surface area contributed by atoms with Gasteiger partial charge in [0.25, 0.3) is 0 Å². The Kier molecular flexibility index (Phi) is 6.48. The van der Waals surface area contributed by atoms with Crippen LogP contribution in [0, 0.1) is 5.92 Å². The largest absolute Gasteiger partial charge is 0.486 e. The second kappa shape index (κ2) is 9.22. The van der Waals surface area contributed by atoms with Crippen LogP contribution in [0.4, 0.5) is 5.69 Å². The molecule has 0 aliphatic heterocycles. The van der Waals surface area contributed by atoms with Gasteiger partial charge in [-0.25, -0.2) is 4.98 Å². The second-order valence-corrected chi connectivity index (χ2v) is 7.41. The number of ether oxygens (including phenoxy) is 1. The predicted octanol–water partition coefficient (Wildman–Crippen LogP) is 4.38. The van der Waals surface area contributed by atoms with Crippen LogP contribution < -0.4 is 10.1 Å². The molecule has 0 atom stereocenters. The summed E-state index contributed by atoms with van der Waals surface area (Å²) in [5.74, 6) is 2.20. The summed E-state index contributed by atoms with van der Waals surface area (Å²) in [6, 6.07) is 15.7. The summed E-state index contributed by atoms with van der Waals surface area (Å²) in [5.41, 5.74) is 3.08. The third kappa shape index (κ3) is 5.71. The van der Waals surface area contributed by atoms with E-state index in [1.807, 2.05) is 54.2 Å². The average Bonchev–Trinajstić information content (AvgIpc) is 3.07. The van der Waals surface area contributed by atoms with Gasteiger partial charge in [0.2, 0.25) is 5.91 Å². The Labute approximate surface area is 166 Å². The SMILES string of the molecule is CC(C)Cc1ccc(CC(=O)Nc2ccc(OCc3nccn3C)cc2)cc1. The first-order valence-corrected chi connectivity index (χ1v) is 9.56. The predicted molar refractivity (Wildman–Crippen MR) is 111 cm³/mol. The molecule has 1 amide bonds. The minimum Gasteiger partial charge on any atom is -0.486 e. The van der Waals surface area contributed by atoms with Crippen LogP contribution in [0.5, 0.6) is 5.75 Å². The van der Waals surface area contributed by atoms with Crippen LogP contribution in [0.15, 0.2) is 60.9 Å². The highest BCUT2D eigenvalue weighted by molar-refractivity contribution is 5.92. The first-order chi connectivity index (χ1) is 13.5. The molecule has 5 heteroatoms. The standard InChI is InChI=1S/C23H27N3O2/c1-17(2)14-18-4-6-19(7-5-18)15-23(27)25-20-8-10-21(11-9-20)28-16-22-24-12-13-26(22)3/h4-13,17H,14-16H2,1-3H3,(H,25,27). The maximum atomic E-state index is 12.3. The Bertz CT molecular complexity index is 896. The Balaban J connectivity index is 1.49. The van der Waals surface area contributed by atoms with Gasteiger partial charge in [-0.3, -0.25) is 4.79 Å². The summed E-state index contributed by atoms with van der Waals surface area (Å²) < 4.78 is 7.65. The lowest BCUT2D eigenvalue weighted by molar-refractivity contribution is -0.115. The van der Waals surface area contributed by atoms with Crippen molar-refractivity contribution >= 4 is 11.6 Å². The third-order valence-corrected chi connectivity index (χ3v) is 4.46. The van der Waals surface area contributed by atoms with Crippen molar-refractivity contribution in [1.29, 1.82) is 0 Å². The fraction of sp³-hybridized carbons (Fsp3) is 0.304. The summed E-state index contributed by atoms with van der Waals surface area (Å²) >= 11 is 0. The van der Waals surface area contributed by atoms with E-state index in [9.17, 15) is 4.79 Å². The molecule has 0 spiro atoms. The third-order valence-electron chi connectivity index (χ3n) is 4.46. The van der Waals surface area contributed by atoms with Gasteiger partial charge in [-0.2, -0.15) is 0 Å². The van der Waals surface area contributed by atoms with Gasteiger partial charge < -0.3 is 14.6 Å². The number of imidazole rings is 1. The summed E-state index contributed by atoms with van der Waals surface area (Å²) in [7, 11) is 1.93. The lowest BCUT2D eigenvalue weighted by Crippen LogP contribution is -2.14. The first-order valence-electron chi connectivity index (χ1n) is 9.56. The van der Waals surface area contributed by atoms with E-state index < -0.39 is 0 Å². The fourth-order valence-corrected chi connectivity index (χ4v) is 2.97. The Morgan fingerprint density at radius 3 is 2.36 bits per heavy atom. The molecule has 2 aromatic carbocycles. The fourth-order valence-electron chi connectivity index (χ4n) is 2.97. The maximum Gasteiger partial charge on any atom is 0.228 e. The lowest BCUT2D eigenvalue weighted by Gasteiger charge is -2.09. The number of nitrogens with one attached hydrogen (secondary N) is 1. The molecule has 0 fully saturated rings. The van der Waals surface area contributed by atoms with Crippen molar-refractivity contribution in [2.45, 2.75) is 33.3 Å². The van der Waals surface area contributed by atoms with Crippen LogP contribution in [0.3, 0.4) is 0 Å². The molecule has 0 saturated carbocycles. The molecule has 5 nitrogen and oxygen atoms in total. The molecule has 1 aromatic heterocycles. The minimum absolute atomic E-state index is 0.0294. The average molecular weight is 377 g/mol. The maximum absolute atomic E-state index is 12.3. The number of nitrogens with zero attached hydrogens (tertiary/aromatic N) is 2. The number of amides is 1. The number of aromatic nitrogens is 2. The highest BCUT2D eigenvalue weighted by Crippen LogP contribution is 2.17. The van der Waals surface area contributed by atoms with Gasteiger partial charge in [0.05, 0.1) is 6.42 Å². The lowest BCUT2D eigenvalue weighted by atomic mass is 10.0. The minimum atomic E-state index is -0.0294. The number of carbonyl (C=O) groups is 1. The van der Waals surface area contributed by atoms with E-state index in [4.69, 9.17) is 4.74 Å². The number of anilines is 1. The summed E-state index contributed by atoms with van der Waals surface area (Å²) in [6.07, 6.45) is 5.05. The summed E-state index contributed by atoms with van der Waals surface area (Å²) in [4.78, 5) is 16.5. The van der Waals surface area contributed by atoms with Crippen molar-refractivity contribution in [3.8, 4) is 5.75 Å². The molecule has 3 rings (SSSR count). The molecule has 146 valence electrons. The van der Waals surface area contributed by atoms with Crippen LogP contribution >= 0.6 is 0 Å². The number of hydrogen-bond acceptors (Lipinski definition) is 3. The van der Waals surface area contributed by atoms with Crippen molar-refractivity contribution in [2.24, 2.45) is 13.0 Å². The molecule has 0 aliphatic carbocycles. The highest BCUT2D eigenvalue weighted by atomic mass is 16.5. The van der Waals surface area contributed by atoms with Crippen molar-refractivity contribution in [3.63, 3.8) is 0 Å². The molecule has 28 heavy (non-hydrogen) atoms. The van der Waals surface area contributed by atoms with E-state index in [0.717, 1.165) is 29.2 Å². The van der Waals surface area contributed by atoms with E-state index in [1.54, 1.807) is 6.20 Å². The smallest absolute Gasteiger partial charge is 0.228 e. The normalized spacial score (nSPS) is 10.9. The van der Waals surface area contributed by atoms with Crippen LogP contribution in [0.25, 0.3) is 0 Å². The zero-order valence-electron chi connectivity index (χ0n) is 16.7. The van der Waals surface area contributed by atoms with Gasteiger partial charge in [-0.1, -0.05) is 38.1 Å². The Morgan fingerprint density at radius 2 is 1.75 bits per heavy atom. The van der Waals surface area contributed by atoms with E-state index in [1.165, 1.54) is 5.56 Å². The van der Waals surface area contributed by atoms with Crippen LogP contribution in [0.2, 0.25) is 0 Å². The molecule has 0 saturated heterocycles. The molecular weight excluding hydrogens is 350 g/mol. The van der Waals surface area contributed by atoms with Crippen LogP contribution in [-0.4, -0.2) is 15.5 Å². The van der Waals surface area contributed by atoms with Crippen LogP contribution in [-0.2, 0) is 31.3 Å². The Hall–Kier alpha value is -3.08.